The maximum atomic E-state index is 12.7. The highest BCUT2D eigenvalue weighted by molar-refractivity contribution is 5.81. The van der Waals surface area contributed by atoms with Gasteiger partial charge in [0.2, 0.25) is 5.95 Å². The number of nitrogens with two attached hydrogens (primary N) is 1. The highest BCUT2D eigenvalue weighted by Gasteiger charge is 2.27. The Morgan fingerprint density at radius 2 is 1.95 bits per heavy atom. The molecule has 4 N–H and O–H groups in total. The number of hydrogen-bond acceptors (Lipinski definition) is 11. The third-order valence-electron chi connectivity index (χ3n) is 5.11. The van der Waals surface area contributed by atoms with Crippen LogP contribution in [0.15, 0.2) is 41.5 Å². The number of ether oxygens (including phenoxy) is 4. The fourth-order valence-corrected chi connectivity index (χ4v) is 3.20. The van der Waals surface area contributed by atoms with Crippen molar-refractivity contribution in [2.75, 3.05) is 18.9 Å². The number of amides is 1. The van der Waals surface area contributed by atoms with E-state index >= 15 is 0 Å². The standard InChI is InChI=1S/C23H28N6O8/c1-14(2)17(26-23(33)36-8-15-6-4-3-5-7-15)21(32)35-10-16(9-34-13-30)37-12-29-11-25-18-19(29)27-22(24)28-20(18)31/h3-7,11,13-14,16-17H,8-10,12H2,1-2H3,(H,26,33)(H3,24,27,28,31)/t16-,17-/m0/s1. The molecule has 0 aliphatic heterocycles. The van der Waals surface area contributed by atoms with Gasteiger partial charge in [0.1, 0.15) is 38.7 Å². The highest BCUT2D eigenvalue weighted by atomic mass is 16.6. The van der Waals surface area contributed by atoms with E-state index in [9.17, 15) is 19.2 Å². The zero-order chi connectivity index (χ0) is 26.8. The number of nitrogen functional groups attached to an aromatic ring is 1. The summed E-state index contributed by atoms with van der Waals surface area (Å²) >= 11 is 0. The number of nitrogens with one attached hydrogen (secondary N) is 2. The van der Waals surface area contributed by atoms with Gasteiger partial charge in [-0.1, -0.05) is 44.2 Å². The number of imidazole rings is 1. The minimum absolute atomic E-state index is 0.0425. The van der Waals surface area contributed by atoms with E-state index in [0.717, 1.165) is 5.56 Å². The van der Waals surface area contributed by atoms with Crippen LogP contribution in [-0.2, 0) is 41.9 Å². The molecule has 0 bridgehead atoms. The number of carbonyl (C=O) groups excluding carboxylic acids is 3. The molecule has 37 heavy (non-hydrogen) atoms. The lowest BCUT2D eigenvalue weighted by Gasteiger charge is -2.22. The molecular formula is C23H28N6O8. The first-order chi connectivity index (χ1) is 17.8. The predicted molar refractivity (Wildman–Crippen MR) is 129 cm³/mol. The maximum absolute atomic E-state index is 12.7. The van der Waals surface area contributed by atoms with Gasteiger partial charge >= 0.3 is 12.1 Å². The van der Waals surface area contributed by atoms with Crippen LogP contribution in [0.2, 0.25) is 0 Å². The molecule has 0 saturated carbocycles. The van der Waals surface area contributed by atoms with Gasteiger partial charge in [0.05, 0.1) is 6.33 Å². The lowest BCUT2D eigenvalue weighted by Crippen LogP contribution is -2.46. The Balaban J connectivity index is 1.56. The summed E-state index contributed by atoms with van der Waals surface area (Å²) in [5.74, 6) is -1.13. The Labute approximate surface area is 211 Å². The Kier molecular flexibility index (Phi) is 9.55. The molecule has 0 aliphatic rings. The summed E-state index contributed by atoms with van der Waals surface area (Å²) in [6.07, 6.45) is -0.315. The van der Waals surface area contributed by atoms with E-state index in [2.05, 4.69) is 20.3 Å². The van der Waals surface area contributed by atoms with E-state index in [0.29, 0.717) is 0 Å². The molecule has 0 aliphatic carbocycles. The normalized spacial score (nSPS) is 12.6. The predicted octanol–water partition coefficient (Wildman–Crippen LogP) is 0.712. The second-order valence-corrected chi connectivity index (χ2v) is 8.24. The van der Waals surface area contributed by atoms with E-state index in [1.165, 1.54) is 10.9 Å². The van der Waals surface area contributed by atoms with Crippen molar-refractivity contribution in [1.82, 2.24) is 24.8 Å². The second-order valence-electron chi connectivity index (χ2n) is 8.24. The summed E-state index contributed by atoms with van der Waals surface area (Å²) in [4.78, 5) is 57.9. The number of rotatable bonds is 13. The molecule has 198 valence electrons. The van der Waals surface area contributed by atoms with Crippen molar-refractivity contribution >= 4 is 35.6 Å². The van der Waals surface area contributed by atoms with Crippen LogP contribution < -0.4 is 16.6 Å². The average Bonchev–Trinajstić information content (AvgIpc) is 3.28. The van der Waals surface area contributed by atoms with Crippen molar-refractivity contribution in [3.05, 3.63) is 52.6 Å². The molecule has 2 heterocycles. The SMILES string of the molecule is CC(C)[C@H](NC(=O)OCc1ccccc1)C(=O)OC[C@H](COC=O)OCn1cnc2c(=O)[nH]c(N)nc21. The monoisotopic (exact) mass is 516 g/mol. The van der Waals surface area contributed by atoms with Crippen LogP contribution >= 0.6 is 0 Å². The van der Waals surface area contributed by atoms with E-state index in [1.54, 1.807) is 26.0 Å². The van der Waals surface area contributed by atoms with Crippen LogP contribution in [0.3, 0.4) is 0 Å². The number of alkyl carbamates (subject to hydrolysis) is 1. The zero-order valence-corrected chi connectivity index (χ0v) is 20.3. The first kappa shape index (κ1) is 27.1. The number of nitrogens with zero attached hydrogens (tertiary/aromatic N) is 3. The third kappa shape index (κ3) is 7.76. The van der Waals surface area contributed by atoms with E-state index in [4.69, 9.17) is 24.7 Å². The van der Waals surface area contributed by atoms with Gasteiger partial charge in [-0.05, 0) is 11.5 Å². The van der Waals surface area contributed by atoms with Crippen molar-refractivity contribution < 1.29 is 33.3 Å². The van der Waals surface area contributed by atoms with Crippen molar-refractivity contribution in [2.24, 2.45) is 5.92 Å². The molecule has 14 heteroatoms. The molecule has 2 aromatic heterocycles. The van der Waals surface area contributed by atoms with Gasteiger partial charge < -0.3 is 30.0 Å². The summed E-state index contributed by atoms with van der Waals surface area (Å²) in [5.41, 5.74) is 6.13. The Bertz CT molecular complexity index is 1260. The van der Waals surface area contributed by atoms with E-state index in [1.807, 2.05) is 18.2 Å². The molecule has 3 aromatic rings. The van der Waals surface area contributed by atoms with Gasteiger partial charge in [0, 0.05) is 0 Å². The smallest absolute Gasteiger partial charge is 0.408 e. The summed E-state index contributed by atoms with van der Waals surface area (Å²) in [5, 5.41) is 2.51. The zero-order valence-electron chi connectivity index (χ0n) is 20.3. The van der Waals surface area contributed by atoms with Crippen LogP contribution in [0.4, 0.5) is 10.7 Å². The number of hydrogen-bond donors (Lipinski definition) is 3. The number of aromatic nitrogens is 4. The lowest BCUT2D eigenvalue weighted by atomic mass is 10.1. The van der Waals surface area contributed by atoms with Crippen molar-refractivity contribution in [3.63, 3.8) is 0 Å². The summed E-state index contributed by atoms with van der Waals surface area (Å²) in [6, 6.07) is 8.10. The van der Waals surface area contributed by atoms with Crippen molar-refractivity contribution in [3.8, 4) is 0 Å². The molecule has 0 unspecified atom stereocenters. The fraction of sp³-hybridized carbons (Fsp3) is 0.391. The summed E-state index contributed by atoms with van der Waals surface area (Å²) < 4.78 is 22.4. The van der Waals surface area contributed by atoms with Crippen molar-refractivity contribution in [1.29, 1.82) is 0 Å². The second kappa shape index (κ2) is 13.0. The number of anilines is 1. The van der Waals surface area contributed by atoms with Gasteiger partial charge in [-0.3, -0.25) is 19.1 Å². The molecule has 14 nitrogen and oxygen atoms in total. The quantitative estimate of drug-likeness (QED) is 0.165. The van der Waals surface area contributed by atoms with Gasteiger partial charge in [0.15, 0.2) is 11.2 Å². The van der Waals surface area contributed by atoms with E-state index in [-0.39, 0.29) is 56.1 Å². The molecule has 2 atom stereocenters. The number of aromatic amines is 1. The maximum Gasteiger partial charge on any atom is 0.408 e. The number of fused-ring (bicyclic) bond motifs is 1. The molecule has 3 rings (SSSR count). The first-order valence-corrected chi connectivity index (χ1v) is 11.3. The molecule has 0 spiro atoms. The third-order valence-corrected chi connectivity index (χ3v) is 5.11. The average molecular weight is 517 g/mol. The Morgan fingerprint density at radius 1 is 1.19 bits per heavy atom. The molecule has 1 amide bonds. The fourth-order valence-electron chi connectivity index (χ4n) is 3.20. The van der Waals surface area contributed by atoms with Gasteiger partial charge in [-0.15, -0.1) is 0 Å². The molecule has 1 aromatic carbocycles. The van der Waals surface area contributed by atoms with Crippen LogP contribution in [0.25, 0.3) is 11.2 Å². The topological polar surface area (TPSA) is 190 Å². The van der Waals surface area contributed by atoms with Crippen LogP contribution in [0, 0.1) is 5.92 Å². The lowest BCUT2D eigenvalue weighted by molar-refractivity contribution is -0.156. The van der Waals surface area contributed by atoms with Gasteiger partial charge in [-0.25, -0.2) is 14.6 Å². The van der Waals surface area contributed by atoms with Crippen LogP contribution in [-0.4, -0.2) is 63.4 Å². The molecule has 0 saturated heterocycles. The Hall–Kier alpha value is -4.46. The number of esters is 1. The molecule has 0 fully saturated rings. The number of benzene rings is 1. The summed E-state index contributed by atoms with van der Waals surface area (Å²) in [6.45, 7) is 3.07. The largest absolute Gasteiger partial charge is 0.465 e. The number of carbonyl (C=O) groups is 3. The van der Waals surface area contributed by atoms with E-state index < -0.39 is 29.8 Å². The Morgan fingerprint density at radius 3 is 2.65 bits per heavy atom. The highest BCUT2D eigenvalue weighted by Crippen LogP contribution is 2.10. The minimum Gasteiger partial charge on any atom is -0.465 e. The van der Waals surface area contributed by atoms with Crippen molar-refractivity contribution in [2.45, 2.75) is 39.3 Å². The summed E-state index contributed by atoms with van der Waals surface area (Å²) in [7, 11) is 0. The molecular weight excluding hydrogens is 488 g/mol. The minimum atomic E-state index is -0.993. The first-order valence-electron chi connectivity index (χ1n) is 11.3. The van der Waals surface area contributed by atoms with Crippen LogP contribution in [0.5, 0.6) is 0 Å². The molecule has 0 radical (unpaired) electrons. The number of H-pyrrole nitrogens is 1. The van der Waals surface area contributed by atoms with Gasteiger partial charge in [0.25, 0.3) is 12.0 Å². The van der Waals surface area contributed by atoms with Crippen LogP contribution in [0.1, 0.15) is 19.4 Å². The van der Waals surface area contributed by atoms with Gasteiger partial charge in [-0.2, -0.15) is 4.98 Å².